The molecule has 0 saturated carbocycles. The van der Waals surface area contributed by atoms with Crippen molar-refractivity contribution in [2.24, 2.45) is 5.41 Å². The van der Waals surface area contributed by atoms with Crippen LogP contribution in [0, 0.1) is 5.41 Å². The van der Waals surface area contributed by atoms with Crippen LogP contribution in [-0.4, -0.2) is 23.5 Å². The van der Waals surface area contributed by atoms with Crippen LogP contribution >= 0.6 is 11.8 Å². The average molecular weight is 303 g/mol. The van der Waals surface area contributed by atoms with Gasteiger partial charge in [-0.2, -0.15) is 8.78 Å². The van der Waals surface area contributed by atoms with Crippen molar-refractivity contribution in [1.82, 2.24) is 5.32 Å². The van der Waals surface area contributed by atoms with Gasteiger partial charge in [-0.15, -0.1) is 0 Å². The summed E-state index contributed by atoms with van der Waals surface area (Å²) in [7, 11) is 0. The van der Waals surface area contributed by atoms with Crippen molar-refractivity contribution in [2.45, 2.75) is 50.4 Å². The first kappa shape index (κ1) is 17.4. The van der Waals surface area contributed by atoms with Crippen molar-refractivity contribution in [1.29, 1.82) is 0 Å². The van der Waals surface area contributed by atoms with Crippen molar-refractivity contribution in [3.8, 4) is 0 Å². The highest BCUT2D eigenvalue weighted by molar-refractivity contribution is 7.99. The molecule has 1 atom stereocenters. The third kappa shape index (κ3) is 6.20. The Morgan fingerprint density at radius 1 is 1.20 bits per heavy atom. The summed E-state index contributed by atoms with van der Waals surface area (Å²) in [6.45, 7) is 7.20. The van der Waals surface area contributed by atoms with Crippen molar-refractivity contribution < 1.29 is 13.9 Å². The van der Waals surface area contributed by atoms with E-state index >= 15 is 0 Å². The van der Waals surface area contributed by atoms with Gasteiger partial charge in [0, 0.05) is 24.1 Å². The summed E-state index contributed by atoms with van der Waals surface area (Å²) in [5.41, 5.74) is 1.12. The van der Waals surface area contributed by atoms with Crippen molar-refractivity contribution in [2.75, 3.05) is 6.61 Å². The molecule has 2 nitrogen and oxygen atoms in total. The van der Waals surface area contributed by atoms with Gasteiger partial charge in [0.25, 0.3) is 5.76 Å². The molecule has 0 heterocycles. The first-order valence-electron chi connectivity index (χ1n) is 6.71. The second kappa shape index (κ2) is 7.96. The second-order valence-electron chi connectivity index (χ2n) is 5.83. The molecular formula is C15H23F2NOS. The quantitative estimate of drug-likeness (QED) is 0.750. The van der Waals surface area contributed by atoms with Gasteiger partial charge < -0.3 is 10.4 Å². The molecule has 114 valence electrons. The summed E-state index contributed by atoms with van der Waals surface area (Å²) < 4.78 is 24.4. The van der Waals surface area contributed by atoms with E-state index in [1.807, 2.05) is 12.1 Å². The Hall–Kier alpha value is -0.650. The SMILES string of the molecule is CC(C)(C)[C@@H](CCO)NCc1ccc(SC(F)F)cc1. The van der Waals surface area contributed by atoms with Crippen molar-refractivity contribution >= 4 is 11.8 Å². The topological polar surface area (TPSA) is 32.3 Å². The number of aliphatic hydroxyl groups is 1. The number of halogens is 2. The van der Waals surface area contributed by atoms with E-state index in [4.69, 9.17) is 5.11 Å². The number of hydrogen-bond donors (Lipinski definition) is 2. The Morgan fingerprint density at radius 2 is 1.80 bits per heavy atom. The summed E-state index contributed by atoms with van der Waals surface area (Å²) in [5, 5.41) is 12.5. The lowest BCUT2D eigenvalue weighted by Crippen LogP contribution is -2.40. The Morgan fingerprint density at radius 3 is 2.25 bits per heavy atom. The number of alkyl halides is 2. The summed E-state index contributed by atoms with van der Waals surface area (Å²) in [4.78, 5) is 0.575. The average Bonchev–Trinajstić information content (AvgIpc) is 2.34. The second-order valence-corrected chi connectivity index (χ2v) is 6.90. The highest BCUT2D eigenvalue weighted by atomic mass is 32.2. The molecule has 1 aromatic carbocycles. The standard InChI is InChI=1S/C15H23F2NOS/c1-15(2,3)13(8-9-19)18-10-11-4-6-12(7-5-11)20-14(16)17/h4-7,13-14,18-19H,8-10H2,1-3H3/t13-/m1/s1. The number of benzene rings is 1. The predicted molar refractivity (Wildman–Crippen MR) is 80.1 cm³/mol. The highest BCUT2D eigenvalue weighted by Crippen LogP contribution is 2.25. The molecule has 0 aromatic heterocycles. The molecule has 0 spiro atoms. The van der Waals surface area contributed by atoms with Crippen LogP contribution in [0.25, 0.3) is 0 Å². The van der Waals surface area contributed by atoms with Gasteiger partial charge in [0.15, 0.2) is 0 Å². The zero-order chi connectivity index (χ0) is 15.2. The van der Waals surface area contributed by atoms with E-state index in [1.165, 1.54) is 0 Å². The maximum atomic E-state index is 12.2. The summed E-state index contributed by atoms with van der Waals surface area (Å²) in [6, 6.07) is 7.35. The van der Waals surface area contributed by atoms with Gasteiger partial charge in [0.2, 0.25) is 0 Å². The lowest BCUT2D eigenvalue weighted by atomic mass is 9.85. The number of rotatable bonds is 7. The fraction of sp³-hybridized carbons (Fsp3) is 0.600. The Labute approximate surface area is 124 Å². The third-order valence-electron chi connectivity index (χ3n) is 3.16. The van der Waals surface area contributed by atoms with Gasteiger partial charge in [-0.05, 0) is 29.5 Å². The molecule has 0 bridgehead atoms. The normalized spacial score (nSPS) is 13.8. The maximum absolute atomic E-state index is 12.2. The molecule has 20 heavy (non-hydrogen) atoms. The minimum Gasteiger partial charge on any atom is -0.396 e. The van der Waals surface area contributed by atoms with Gasteiger partial charge in [-0.3, -0.25) is 0 Å². The van der Waals surface area contributed by atoms with Gasteiger partial charge in [0.05, 0.1) is 0 Å². The minimum atomic E-state index is -2.38. The molecule has 0 aliphatic rings. The van der Waals surface area contributed by atoms with Crippen LogP contribution in [-0.2, 0) is 6.54 Å². The van der Waals surface area contributed by atoms with Crippen LogP contribution < -0.4 is 5.32 Å². The smallest absolute Gasteiger partial charge is 0.288 e. The summed E-state index contributed by atoms with van der Waals surface area (Å²) in [6.07, 6.45) is 0.697. The molecule has 0 unspecified atom stereocenters. The van der Waals surface area contributed by atoms with E-state index in [0.717, 1.165) is 5.56 Å². The fourth-order valence-electron chi connectivity index (χ4n) is 2.00. The maximum Gasteiger partial charge on any atom is 0.288 e. The largest absolute Gasteiger partial charge is 0.396 e. The first-order valence-corrected chi connectivity index (χ1v) is 7.59. The van der Waals surface area contributed by atoms with Crippen LogP contribution in [0.2, 0.25) is 0 Å². The predicted octanol–water partition coefficient (Wildman–Crippen LogP) is 3.89. The number of thioether (sulfide) groups is 1. The summed E-state index contributed by atoms with van der Waals surface area (Å²) in [5.74, 6) is -2.38. The Kier molecular flexibility index (Phi) is 6.92. The van der Waals surface area contributed by atoms with E-state index < -0.39 is 5.76 Å². The first-order chi connectivity index (χ1) is 9.32. The third-order valence-corrected chi connectivity index (χ3v) is 3.89. The molecule has 0 aliphatic heterocycles. The minimum absolute atomic E-state index is 0.0637. The van der Waals surface area contributed by atoms with E-state index in [-0.39, 0.29) is 18.1 Å². The molecule has 0 fully saturated rings. The molecular weight excluding hydrogens is 280 g/mol. The van der Waals surface area contributed by atoms with E-state index in [0.29, 0.717) is 29.6 Å². The number of hydrogen-bond acceptors (Lipinski definition) is 3. The van der Waals surface area contributed by atoms with Crippen LogP contribution in [0.3, 0.4) is 0 Å². The van der Waals surface area contributed by atoms with Crippen molar-refractivity contribution in [3.63, 3.8) is 0 Å². The van der Waals surface area contributed by atoms with Gasteiger partial charge in [0.1, 0.15) is 0 Å². The number of nitrogens with one attached hydrogen (secondary N) is 1. The van der Waals surface area contributed by atoms with E-state index in [2.05, 4.69) is 26.1 Å². The monoisotopic (exact) mass is 303 g/mol. The Balaban J connectivity index is 2.55. The molecule has 2 N–H and O–H groups in total. The number of aliphatic hydroxyl groups excluding tert-OH is 1. The summed E-state index contributed by atoms with van der Waals surface area (Å²) >= 11 is 0.557. The molecule has 5 heteroatoms. The molecule has 1 aromatic rings. The van der Waals surface area contributed by atoms with Gasteiger partial charge >= 0.3 is 0 Å². The van der Waals surface area contributed by atoms with E-state index in [1.54, 1.807) is 12.1 Å². The lowest BCUT2D eigenvalue weighted by Gasteiger charge is -2.31. The lowest BCUT2D eigenvalue weighted by molar-refractivity contribution is 0.196. The zero-order valence-corrected chi connectivity index (χ0v) is 13.0. The van der Waals surface area contributed by atoms with Gasteiger partial charge in [-0.1, -0.05) is 44.7 Å². The zero-order valence-electron chi connectivity index (χ0n) is 12.2. The van der Waals surface area contributed by atoms with Crippen LogP contribution in [0.15, 0.2) is 29.2 Å². The van der Waals surface area contributed by atoms with E-state index in [9.17, 15) is 8.78 Å². The fourth-order valence-corrected chi connectivity index (χ4v) is 2.50. The molecule has 0 saturated heterocycles. The highest BCUT2D eigenvalue weighted by Gasteiger charge is 2.23. The van der Waals surface area contributed by atoms with Crippen LogP contribution in [0.4, 0.5) is 8.78 Å². The Bertz CT molecular complexity index is 390. The van der Waals surface area contributed by atoms with Crippen molar-refractivity contribution in [3.05, 3.63) is 29.8 Å². The molecule has 0 radical (unpaired) electrons. The molecule has 0 amide bonds. The van der Waals surface area contributed by atoms with Crippen LogP contribution in [0.5, 0.6) is 0 Å². The molecule has 0 aliphatic carbocycles. The van der Waals surface area contributed by atoms with Gasteiger partial charge in [-0.25, -0.2) is 0 Å². The van der Waals surface area contributed by atoms with Crippen LogP contribution in [0.1, 0.15) is 32.8 Å². The molecule has 1 rings (SSSR count).